The van der Waals surface area contributed by atoms with Crippen molar-refractivity contribution in [2.45, 2.75) is 6.42 Å². The van der Waals surface area contributed by atoms with Crippen molar-refractivity contribution in [3.8, 4) is 6.07 Å². The Morgan fingerprint density at radius 1 is 1.50 bits per heavy atom. The molecule has 1 aromatic rings. The average Bonchev–Trinajstić information content (AvgIpc) is 2.34. The number of nitrogens with one attached hydrogen (secondary N) is 1. The van der Waals surface area contributed by atoms with Gasteiger partial charge in [-0.25, -0.2) is 0 Å². The minimum absolute atomic E-state index is 0.239. The number of nitrogens with zero attached hydrogens (tertiary/aromatic N) is 3. The first kappa shape index (κ1) is 12.7. The number of aliphatic hydroxyl groups excluding tert-OH is 1. The summed E-state index contributed by atoms with van der Waals surface area (Å²) in [5.74, 6) is 2.40. The third kappa shape index (κ3) is 4.47. The molecule has 0 unspecified atom stereocenters. The lowest BCUT2D eigenvalue weighted by Crippen LogP contribution is -2.08. The van der Waals surface area contributed by atoms with Crippen LogP contribution in [0.25, 0.3) is 0 Å². The maximum absolute atomic E-state index is 8.80. The van der Waals surface area contributed by atoms with E-state index in [1.807, 2.05) is 0 Å². The lowest BCUT2D eigenvalue weighted by Gasteiger charge is -2.05. The molecule has 0 amide bonds. The van der Waals surface area contributed by atoms with Gasteiger partial charge in [-0.1, -0.05) is 0 Å². The highest BCUT2D eigenvalue weighted by Crippen LogP contribution is 2.08. The number of hydrogen-bond donors (Lipinski definition) is 2. The van der Waals surface area contributed by atoms with Crippen LogP contribution in [-0.4, -0.2) is 40.0 Å². The molecule has 16 heavy (non-hydrogen) atoms. The molecule has 0 aliphatic rings. The molecule has 0 aliphatic heterocycles. The number of nitriles is 1. The van der Waals surface area contributed by atoms with Gasteiger partial charge < -0.3 is 10.4 Å². The molecule has 0 aromatic carbocycles. The van der Waals surface area contributed by atoms with Crippen LogP contribution in [0.15, 0.2) is 12.3 Å². The number of anilines is 1. The zero-order valence-electron chi connectivity index (χ0n) is 8.89. The maximum atomic E-state index is 8.80. The number of hydrogen-bond acceptors (Lipinski definition) is 6. The lowest BCUT2D eigenvalue weighted by atomic mass is 10.3. The smallest absolute Gasteiger partial charge is 0.166 e. The van der Waals surface area contributed by atoms with E-state index in [0.29, 0.717) is 11.4 Å². The molecule has 0 radical (unpaired) electrons. The van der Waals surface area contributed by atoms with E-state index in [9.17, 15) is 0 Å². The van der Waals surface area contributed by atoms with Gasteiger partial charge in [0.2, 0.25) is 0 Å². The van der Waals surface area contributed by atoms with Crippen LogP contribution >= 0.6 is 11.8 Å². The molecule has 1 rings (SSSR count). The molecule has 6 heteroatoms. The normalized spacial score (nSPS) is 9.75. The van der Waals surface area contributed by atoms with E-state index in [1.165, 1.54) is 6.20 Å². The predicted molar refractivity (Wildman–Crippen MR) is 64.3 cm³/mol. The topological polar surface area (TPSA) is 81.8 Å². The molecule has 0 saturated heterocycles. The van der Waals surface area contributed by atoms with Gasteiger partial charge in [0.25, 0.3) is 0 Å². The van der Waals surface area contributed by atoms with E-state index in [4.69, 9.17) is 10.4 Å². The summed E-state index contributed by atoms with van der Waals surface area (Å²) < 4.78 is 0. The van der Waals surface area contributed by atoms with E-state index in [-0.39, 0.29) is 6.61 Å². The second-order valence-electron chi connectivity index (χ2n) is 3.02. The Morgan fingerprint density at radius 2 is 2.38 bits per heavy atom. The van der Waals surface area contributed by atoms with E-state index in [2.05, 4.69) is 21.6 Å². The molecule has 0 atom stereocenters. The SMILES string of the molecule is N#Cc1ccnnc1NCCSCCCO. The number of aliphatic hydroxyl groups is 1. The highest BCUT2D eigenvalue weighted by Gasteiger charge is 2.01. The van der Waals surface area contributed by atoms with Crippen molar-refractivity contribution in [1.29, 1.82) is 5.26 Å². The van der Waals surface area contributed by atoms with Gasteiger partial charge in [-0.15, -0.1) is 5.10 Å². The molecule has 1 heterocycles. The summed E-state index contributed by atoms with van der Waals surface area (Å²) in [4.78, 5) is 0. The largest absolute Gasteiger partial charge is 0.396 e. The zero-order chi connectivity index (χ0) is 11.6. The Balaban J connectivity index is 2.24. The van der Waals surface area contributed by atoms with E-state index >= 15 is 0 Å². The molecule has 2 N–H and O–H groups in total. The lowest BCUT2D eigenvalue weighted by molar-refractivity contribution is 0.296. The molecule has 0 aliphatic carbocycles. The van der Waals surface area contributed by atoms with Crippen LogP contribution in [0.1, 0.15) is 12.0 Å². The van der Waals surface area contributed by atoms with E-state index in [0.717, 1.165) is 24.5 Å². The minimum atomic E-state index is 0.239. The fourth-order valence-electron chi connectivity index (χ4n) is 1.06. The van der Waals surface area contributed by atoms with Gasteiger partial charge in [0.15, 0.2) is 5.82 Å². The first-order valence-corrected chi connectivity index (χ1v) is 6.18. The van der Waals surface area contributed by atoms with Crippen molar-refractivity contribution >= 4 is 17.6 Å². The van der Waals surface area contributed by atoms with Gasteiger partial charge in [-0.05, 0) is 18.2 Å². The fourth-order valence-corrected chi connectivity index (χ4v) is 1.85. The number of rotatable bonds is 7. The first-order valence-electron chi connectivity index (χ1n) is 5.02. The summed E-state index contributed by atoms with van der Waals surface area (Å²) in [5.41, 5.74) is 0.510. The summed E-state index contributed by atoms with van der Waals surface area (Å²) in [6.45, 7) is 0.979. The molecular formula is C10H14N4OS. The van der Waals surface area contributed by atoms with Crippen molar-refractivity contribution in [1.82, 2.24) is 10.2 Å². The van der Waals surface area contributed by atoms with Crippen molar-refractivity contribution < 1.29 is 5.11 Å². The van der Waals surface area contributed by atoms with E-state index in [1.54, 1.807) is 17.8 Å². The van der Waals surface area contributed by atoms with Crippen LogP contribution in [0.5, 0.6) is 0 Å². The van der Waals surface area contributed by atoms with Crippen molar-refractivity contribution in [2.24, 2.45) is 0 Å². The summed E-state index contributed by atoms with van der Waals surface area (Å²) in [6, 6.07) is 3.69. The van der Waals surface area contributed by atoms with Crippen LogP contribution in [-0.2, 0) is 0 Å². The van der Waals surface area contributed by atoms with Gasteiger partial charge in [0.1, 0.15) is 6.07 Å². The third-order valence-corrected chi connectivity index (χ3v) is 2.90. The van der Waals surface area contributed by atoms with Gasteiger partial charge in [0, 0.05) is 18.9 Å². The molecule has 0 fully saturated rings. The molecule has 1 aromatic heterocycles. The molecular weight excluding hydrogens is 224 g/mol. The van der Waals surface area contributed by atoms with Crippen LogP contribution < -0.4 is 5.32 Å². The molecule has 86 valence electrons. The summed E-state index contributed by atoms with van der Waals surface area (Å²) in [5, 5.41) is 28.0. The van der Waals surface area contributed by atoms with Crippen LogP contribution in [0.4, 0.5) is 5.82 Å². The Morgan fingerprint density at radius 3 is 3.12 bits per heavy atom. The molecule has 5 nitrogen and oxygen atoms in total. The summed E-state index contributed by atoms with van der Waals surface area (Å²) >= 11 is 1.76. The molecule has 0 saturated carbocycles. The first-order chi connectivity index (χ1) is 7.88. The highest BCUT2D eigenvalue weighted by molar-refractivity contribution is 7.99. The number of aromatic nitrogens is 2. The maximum Gasteiger partial charge on any atom is 0.166 e. The Hall–Kier alpha value is -1.32. The Labute approximate surface area is 98.9 Å². The van der Waals surface area contributed by atoms with Crippen LogP contribution in [0.3, 0.4) is 0 Å². The van der Waals surface area contributed by atoms with Gasteiger partial charge in [-0.3, -0.25) is 0 Å². The van der Waals surface area contributed by atoms with Crippen LogP contribution in [0, 0.1) is 11.3 Å². The highest BCUT2D eigenvalue weighted by atomic mass is 32.2. The Kier molecular flexibility index (Phi) is 6.30. The second kappa shape index (κ2) is 7.91. The molecule has 0 bridgehead atoms. The van der Waals surface area contributed by atoms with Gasteiger partial charge >= 0.3 is 0 Å². The minimum Gasteiger partial charge on any atom is -0.396 e. The third-order valence-electron chi connectivity index (χ3n) is 1.83. The Bertz CT molecular complexity index is 353. The standard InChI is InChI=1S/C10H14N4OS/c11-8-9-2-3-13-14-10(9)12-4-7-16-6-1-5-15/h2-3,15H,1,4-7H2,(H,12,14). The number of thioether (sulfide) groups is 1. The quantitative estimate of drug-likeness (QED) is 0.686. The van der Waals surface area contributed by atoms with Crippen molar-refractivity contribution in [2.75, 3.05) is 30.0 Å². The van der Waals surface area contributed by atoms with Gasteiger partial charge in [-0.2, -0.15) is 22.1 Å². The predicted octanol–water partition coefficient (Wildman–Crippen LogP) is 0.876. The van der Waals surface area contributed by atoms with Gasteiger partial charge in [0.05, 0.1) is 11.8 Å². The second-order valence-corrected chi connectivity index (χ2v) is 4.25. The molecule has 0 spiro atoms. The monoisotopic (exact) mass is 238 g/mol. The fraction of sp³-hybridized carbons (Fsp3) is 0.500. The van der Waals surface area contributed by atoms with Crippen molar-refractivity contribution in [3.05, 3.63) is 17.8 Å². The average molecular weight is 238 g/mol. The summed E-state index contributed by atoms with van der Waals surface area (Å²) in [6.07, 6.45) is 2.32. The summed E-state index contributed by atoms with van der Waals surface area (Å²) in [7, 11) is 0. The van der Waals surface area contributed by atoms with Crippen molar-refractivity contribution in [3.63, 3.8) is 0 Å². The van der Waals surface area contributed by atoms with Crippen LogP contribution in [0.2, 0.25) is 0 Å². The van der Waals surface area contributed by atoms with E-state index < -0.39 is 0 Å². The zero-order valence-corrected chi connectivity index (χ0v) is 9.70.